The summed E-state index contributed by atoms with van der Waals surface area (Å²) in [6.07, 6.45) is 6.21. The minimum absolute atomic E-state index is 0.0741. The van der Waals surface area contributed by atoms with E-state index in [1.807, 2.05) is 25.2 Å². The number of hydrogen-bond acceptors (Lipinski definition) is 2. The molecule has 1 aliphatic rings. The third-order valence-electron chi connectivity index (χ3n) is 1.93. The molecule has 0 bridgehead atoms. The first-order valence-electron chi connectivity index (χ1n) is 3.70. The standard InChI is InChI=1S/C9H14O2/c1-7-5-4-6-8(10-2)9(7)11-3/h4-6,8-9H,1-3H3/t8-,9+/m0/s1. The van der Waals surface area contributed by atoms with Crippen molar-refractivity contribution in [2.24, 2.45) is 0 Å². The summed E-state index contributed by atoms with van der Waals surface area (Å²) in [4.78, 5) is 0. The van der Waals surface area contributed by atoms with E-state index in [1.165, 1.54) is 5.57 Å². The van der Waals surface area contributed by atoms with Gasteiger partial charge in [0.25, 0.3) is 0 Å². The SMILES string of the molecule is CO[C@H]1C=CC=C(C)[C@H]1OC. The van der Waals surface area contributed by atoms with E-state index < -0.39 is 0 Å². The van der Waals surface area contributed by atoms with E-state index >= 15 is 0 Å². The molecule has 1 rings (SSSR count). The molecule has 0 N–H and O–H groups in total. The van der Waals surface area contributed by atoms with Crippen LogP contribution in [0.15, 0.2) is 23.8 Å². The monoisotopic (exact) mass is 154 g/mol. The number of methoxy groups -OCH3 is 2. The maximum atomic E-state index is 5.26. The molecule has 2 atom stereocenters. The predicted molar refractivity (Wildman–Crippen MR) is 44.5 cm³/mol. The summed E-state index contributed by atoms with van der Waals surface area (Å²) >= 11 is 0. The summed E-state index contributed by atoms with van der Waals surface area (Å²) in [5.41, 5.74) is 1.21. The van der Waals surface area contributed by atoms with Gasteiger partial charge >= 0.3 is 0 Å². The van der Waals surface area contributed by atoms with Crippen molar-refractivity contribution in [1.82, 2.24) is 0 Å². The van der Waals surface area contributed by atoms with Gasteiger partial charge in [0.15, 0.2) is 0 Å². The van der Waals surface area contributed by atoms with Gasteiger partial charge in [-0.05, 0) is 12.5 Å². The summed E-state index contributed by atoms with van der Waals surface area (Å²) in [7, 11) is 3.40. The number of rotatable bonds is 2. The van der Waals surface area contributed by atoms with Gasteiger partial charge in [-0.25, -0.2) is 0 Å². The molecule has 0 heterocycles. The molecular formula is C9H14O2. The Morgan fingerprint density at radius 2 is 2.00 bits per heavy atom. The van der Waals surface area contributed by atoms with Crippen molar-refractivity contribution in [2.75, 3.05) is 14.2 Å². The van der Waals surface area contributed by atoms with Crippen molar-refractivity contribution < 1.29 is 9.47 Å². The van der Waals surface area contributed by atoms with E-state index in [-0.39, 0.29) is 12.2 Å². The van der Waals surface area contributed by atoms with Crippen LogP contribution in [0.3, 0.4) is 0 Å². The van der Waals surface area contributed by atoms with Gasteiger partial charge in [0.2, 0.25) is 0 Å². The Kier molecular flexibility index (Phi) is 2.85. The Balaban J connectivity index is 2.70. The molecule has 0 saturated heterocycles. The van der Waals surface area contributed by atoms with Crippen LogP contribution in [0.5, 0.6) is 0 Å². The topological polar surface area (TPSA) is 18.5 Å². The van der Waals surface area contributed by atoms with Crippen molar-refractivity contribution in [2.45, 2.75) is 19.1 Å². The molecule has 0 radical (unpaired) electrons. The van der Waals surface area contributed by atoms with Crippen LogP contribution < -0.4 is 0 Å². The first-order chi connectivity index (χ1) is 5.29. The van der Waals surface area contributed by atoms with Crippen LogP contribution in [0.25, 0.3) is 0 Å². The highest BCUT2D eigenvalue weighted by molar-refractivity contribution is 5.24. The van der Waals surface area contributed by atoms with E-state index in [2.05, 4.69) is 0 Å². The Hall–Kier alpha value is -0.600. The molecule has 0 spiro atoms. The van der Waals surface area contributed by atoms with Gasteiger partial charge in [-0.2, -0.15) is 0 Å². The van der Waals surface area contributed by atoms with Crippen LogP contribution in [0.4, 0.5) is 0 Å². The van der Waals surface area contributed by atoms with Crippen molar-refractivity contribution in [3.63, 3.8) is 0 Å². The Morgan fingerprint density at radius 3 is 2.45 bits per heavy atom. The van der Waals surface area contributed by atoms with E-state index in [0.717, 1.165) is 0 Å². The molecule has 0 aromatic rings. The van der Waals surface area contributed by atoms with Gasteiger partial charge in [0.1, 0.15) is 12.2 Å². The minimum Gasteiger partial charge on any atom is -0.374 e. The highest BCUT2D eigenvalue weighted by Gasteiger charge is 2.21. The summed E-state index contributed by atoms with van der Waals surface area (Å²) in [6.45, 7) is 2.05. The molecule has 0 saturated carbocycles. The van der Waals surface area contributed by atoms with Crippen LogP contribution in [-0.4, -0.2) is 26.4 Å². The lowest BCUT2D eigenvalue weighted by atomic mass is 10.0. The fourth-order valence-corrected chi connectivity index (χ4v) is 1.29. The molecule has 0 aromatic heterocycles. The van der Waals surface area contributed by atoms with E-state index in [0.29, 0.717) is 0 Å². The Bertz CT molecular complexity index is 182. The molecular weight excluding hydrogens is 140 g/mol. The zero-order valence-electron chi connectivity index (χ0n) is 7.20. The Labute approximate surface area is 67.5 Å². The van der Waals surface area contributed by atoms with E-state index in [1.54, 1.807) is 14.2 Å². The minimum atomic E-state index is 0.0741. The first kappa shape index (κ1) is 8.50. The van der Waals surface area contributed by atoms with Gasteiger partial charge < -0.3 is 9.47 Å². The molecule has 0 amide bonds. The summed E-state index contributed by atoms with van der Waals surface area (Å²) in [6, 6.07) is 0. The third-order valence-corrected chi connectivity index (χ3v) is 1.93. The van der Waals surface area contributed by atoms with Gasteiger partial charge in [-0.1, -0.05) is 18.2 Å². The third kappa shape index (κ3) is 1.70. The van der Waals surface area contributed by atoms with Crippen molar-refractivity contribution >= 4 is 0 Å². The summed E-state index contributed by atoms with van der Waals surface area (Å²) in [5.74, 6) is 0. The fourth-order valence-electron chi connectivity index (χ4n) is 1.29. The fraction of sp³-hybridized carbons (Fsp3) is 0.556. The summed E-state index contributed by atoms with van der Waals surface area (Å²) in [5, 5.41) is 0. The zero-order chi connectivity index (χ0) is 8.27. The molecule has 1 aliphatic carbocycles. The average molecular weight is 154 g/mol. The Morgan fingerprint density at radius 1 is 1.27 bits per heavy atom. The molecule has 0 aliphatic heterocycles. The first-order valence-corrected chi connectivity index (χ1v) is 3.70. The molecule has 2 nitrogen and oxygen atoms in total. The van der Waals surface area contributed by atoms with Crippen molar-refractivity contribution in [3.05, 3.63) is 23.8 Å². The van der Waals surface area contributed by atoms with E-state index in [9.17, 15) is 0 Å². The number of allylic oxidation sites excluding steroid dienone is 2. The average Bonchev–Trinajstić information content (AvgIpc) is 2.04. The van der Waals surface area contributed by atoms with Crippen LogP contribution in [0.1, 0.15) is 6.92 Å². The lowest BCUT2D eigenvalue weighted by Gasteiger charge is -2.25. The molecule has 62 valence electrons. The van der Waals surface area contributed by atoms with Crippen LogP contribution in [0.2, 0.25) is 0 Å². The van der Waals surface area contributed by atoms with Gasteiger partial charge in [0.05, 0.1) is 0 Å². The maximum absolute atomic E-state index is 5.26. The summed E-state index contributed by atoms with van der Waals surface area (Å²) < 4.78 is 10.5. The van der Waals surface area contributed by atoms with E-state index in [4.69, 9.17) is 9.47 Å². The van der Waals surface area contributed by atoms with Gasteiger partial charge in [0, 0.05) is 14.2 Å². The number of ether oxygens (including phenoxy) is 2. The van der Waals surface area contributed by atoms with Crippen LogP contribution in [0, 0.1) is 0 Å². The molecule has 0 fully saturated rings. The highest BCUT2D eigenvalue weighted by Crippen LogP contribution is 2.17. The van der Waals surface area contributed by atoms with Crippen LogP contribution >= 0.6 is 0 Å². The molecule has 0 aromatic carbocycles. The van der Waals surface area contributed by atoms with Gasteiger partial charge in [-0.3, -0.25) is 0 Å². The molecule has 11 heavy (non-hydrogen) atoms. The molecule has 0 unspecified atom stereocenters. The predicted octanol–water partition coefficient (Wildman–Crippen LogP) is 1.53. The maximum Gasteiger partial charge on any atom is 0.108 e. The largest absolute Gasteiger partial charge is 0.374 e. The van der Waals surface area contributed by atoms with Gasteiger partial charge in [-0.15, -0.1) is 0 Å². The second-order valence-electron chi connectivity index (χ2n) is 2.65. The second kappa shape index (κ2) is 3.69. The van der Waals surface area contributed by atoms with Crippen molar-refractivity contribution in [1.29, 1.82) is 0 Å². The lowest BCUT2D eigenvalue weighted by molar-refractivity contribution is 0.00769. The zero-order valence-corrected chi connectivity index (χ0v) is 7.20. The highest BCUT2D eigenvalue weighted by atomic mass is 16.5. The van der Waals surface area contributed by atoms with Crippen molar-refractivity contribution in [3.8, 4) is 0 Å². The smallest absolute Gasteiger partial charge is 0.108 e. The second-order valence-corrected chi connectivity index (χ2v) is 2.65. The lowest BCUT2D eigenvalue weighted by Crippen LogP contribution is -2.30. The normalized spacial score (nSPS) is 30.3. The molecule has 2 heteroatoms. The number of hydrogen-bond donors (Lipinski definition) is 0. The van der Waals surface area contributed by atoms with Crippen LogP contribution in [-0.2, 0) is 9.47 Å². The quantitative estimate of drug-likeness (QED) is 0.600.